The monoisotopic (exact) mass is 414 g/mol. The van der Waals surface area contributed by atoms with E-state index in [-0.39, 0.29) is 17.9 Å². The summed E-state index contributed by atoms with van der Waals surface area (Å²) in [5, 5.41) is 3.36. The molecule has 110 valence electrons. The molecule has 2 unspecified atom stereocenters. The minimum atomic E-state index is -0.359. The summed E-state index contributed by atoms with van der Waals surface area (Å²) in [6.07, 6.45) is 0. The minimum Gasteiger partial charge on any atom is -0.324 e. The van der Waals surface area contributed by atoms with Crippen LogP contribution in [0.25, 0.3) is 0 Å². The average molecular weight is 415 g/mol. The Kier molecular flexibility index (Phi) is 5.61. The van der Waals surface area contributed by atoms with Gasteiger partial charge in [0, 0.05) is 9.61 Å². The largest absolute Gasteiger partial charge is 0.324 e. The lowest BCUT2D eigenvalue weighted by Crippen LogP contribution is -2.30. The van der Waals surface area contributed by atoms with Gasteiger partial charge in [0.05, 0.1) is 16.6 Å². The van der Waals surface area contributed by atoms with Gasteiger partial charge in [-0.25, -0.2) is 0 Å². The number of amides is 1. The summed E-state index contributed by atoms with van der Waals surface area (Å²) in [7, 11) is 0. The Balaban J connectivity index is 2.09. The lowest BCUT2D eigenvalue weighted by Gasteiger charge is -2.20. The van der Waals surface area contributed by atoms with Crippen LogP contribution in [0, 0.1) is 9.49 Å². The van der Waals surface area contributed by atoms with Crippen LogP contribution in [-0.4, -0.2) is 5.91 Å². The molecular weight excluding hydrogens is 399 g/mol. The lowest BCUT2D eigenvalue weighted by molar-refractivity contribution is -0.120. The van der Waals surface area contributed by atoms with Crippen LogP contribution in [0.15, 0.2) is 48.5 Å². The van der Waals surface area contributed by atoms with Gasteiger partial charge in [0.2, 0.25) is 5.91 Å². The van der Waals surface area contributed by atoms with E-state index in [1.165, 1.54) is 0 Å². The highest BCUT2D eigenvalue weighted by molar-refractivity contribution is 14.1. The number of anilines is 1. The van der Waals surface area contributed by atoms with Crippen LogP contribution in [0.2, 0.25) is 5.02 Å². The van der Waals surface area contributed by atoms with Crippen molar-refractivity contribution in [2.45, 2.75) is 13.0 Å². The van der Waals surface area contributed by atoms with Crippen LogP contribution >= 0.6 is 34.2 Å². The van der Waals surface area contributed by atoms with Gasteiger partial charge in [0.25, 0.3) is 0 Å². The minimum absolute atomic E-state index is 0.144. The van der Waals surface area contributed by atoms with E-state index in [2.05, 4.69) is 27.9 Å². The van der Waals surface area contributed by atoms with E-state index in [1.54, 1.807) is 12.1 Å². The normalized spacial score (nSPS) is 13.5. The Morgan fingerprint density at radius 2 is 1.90 bits per heavy atom. The maximum absolute atomic E-state index is 12.3. The van der Waals surface area contributed by atoms with Crippen molar-refractivity contribution in [2.24, 2.45) is 11.7 Å². The summed E-state index contributed by atoms with van der Waals surface area (Å²) >= 11 is 8.29. The highest BCUT2D eigenvalue weighted by atomic mass is 127. The zero-order chi connectivity index (χ0) is 15.4. The van der Waals surface area contributed by atoms with E-state index >= 15 is 0 Å². The van der Waals surface area contributed by atoms with Crippen LogP contribution in [0.4, 0.5) is 5.69 Å². The fourth-order valence-corrected chi connectivity index (χ4v) is 2.87. The first kappa shape index (κ1) is 16.3. The zero-order valence-corrected chi connectivity index (χ0v) is 14.4. The van der Waals surface area contributed by atoms with Crippen molar-refractivity contribution in [3.63, 3.8) is 0 Å². The standard InChI is InChI=1S/C16H16ClIN2O/c1-10(15(19)11-5-3-2-4-6-11)16(21)20-14-8-7-12(18)9-13(14)17/h2-10,15H,19H2,1H3,(H,20,21). The molecule has 2 atom stereocenters. The Morgan fingerprint density at radius 3 is 2.52 bits per heavy atom. The average Bonchev–Trinajstić information content (AvgIpc) is 2.49. The Morgan fingerprint density at radius 1 is 1.24 bits per heavy atom. The van der Waals surface area contributed by atoms with Crippen molar-refractivity contribution in [1.82, 2.24) is 0 Å². The quantitative estimate of drug-likeness (QED) is 0.736. The SMILES string of the molecule is CC(C(=O)Nc1ccc(I)cc1Cl)C(N)c1ccccc1. The predicted molar refractivity (Wildman–Crippen MR) is 95.3 cm³/mol. The highest BCUT2D eigenvalue weighted by Gasteiger charge is 2.22. The molecule has 5 heteroatoms. The number of rotatable bonds is 4. The lowest BCUT2D eigenvalue weighted by atomic mass is 9.94. The van der Waals surface area contributed by atoms with Gasteiger partial charge in [0.15, 0.2) is 0 Å². The molecule has 0 aliphatic rings. The Hall–Kier alpha value is -1.11. The third kappa shape index (κ3) is 4.18. The molecule has 1 amide bonds. The first-order chi connectivity index (χ1) is 9.99. The van der Waals surface area contributed by atoms with E-state index in [9.17, 15) is 4.79 Å². The van der Waals surface area contributed by atoms with E-state index in [1.807, 2.05) is 43.3 Å². The molecule has 0 saturated heterocycles. The molecule has 0 aliphatic carbocycles. The topological polar surface area (TPSA) is 55.1 Å². The second-order valence-corrected chi connectivity index (χ2v) is 6.49. The van der Waals surface area contributed by atoms with E-state index < -0.39 is 0 Å². The zero-order valence-electron chi connectivity index (χ0n) is 11.5. The van der Waals surface area contributed by atoms with Crippen molar-refractivity contribution >= 4 is 45.8 Å². The van der Waals surface area contributed by atoms with Gasteiger partial charge < -0.3 is 11.1 Å². The molecule has 0 saturated carbocycles. The van der Waals surface area contributed by atoms with Gasteiger partial charge in [0.1, 0.15) is 0 Å². The molecule has 0 radical (unpaired) electrons. The number of carbonyl (C=O) groups excluding carboxylic acids is 1. The molecule has 2 aromatic rings. The van der Waals surface area contributed by atoms with Gasteiger partial charge in [-0.05, 0) is 46.4 Å². The van der Waals surface area contributed by atoms with Crippen LogP contribution < -0.4 is 11.1 Å². The van der Waals surface area contributed by atoms with E-state index in [0.717, 1.165) is 9.13 Å². The van der Waals surface area contributed by atoms with Gasteiger partial charge in [-0.1, -0.05) is 48.9 Å². The molecule has 21 heavy (non-hydrogen) atoms. The van der Waals surface area contributed by atoms with Crippen molar-refractivity contribution in [1.29, 1.82) is 0 Å². The number of nitrogens with one attached hydrogen (secondary N) is 1. The van der Waals surface area contributed by atoms with Crippen LogP contribution in [0.1, 0.15) is 18.5 Å². The molecule has 0 aliphatic heterocycles. The van der Waals surface area contributed by atoms with Crippen molar-refractivity contribution in [3.05, 3.63) is 62.7 Å². The molecular formula is C16H16ClIN2O. The first-order valence-electron chi connectivity index (χ1n) is 6.55. The molecule has 3 N–H and O–H groups in total. The van der Waals surface area contributed by atoms with Crippen LogP contribution in [0.5, 0.6) is 0 Å². The summed E-state index contributed by atoms with van der Waals surface area (Å²) in [6, 6.07) is 14.7. The van der Waals surface area contributed by atoms with Crippen LogP contribution in [0.3, 0.4) is 0 Å². The molecule has 0 bridgehead atoms. The fourth-order valence-electron chi connectivity index (χ4n) is 1.96. The smallest absolute Gasteiger partial charge is 0.229 e. The number of carbonyl (C=O) groups is 1. The molecule has 0 heterocycles. The molecule has 3 nitrogen and oxygen atoms in total. The molecule has 0 fully saturated rings. The van der Waals surface area contributed by atoms with Gasteiger partial charge in [-0.2, -0.15) is 0 Å². The van der Waals surface area contributed by atoms with Gasteiger partial charge in [-0.15, -0.1) is 0 Å². The maximum atomic E-state index is 12.3. The number of hydrogen-bond acceptors (Lipinski definition) is 2. The van der Waals surface area contributed by atoms with Crippen LogP contribution in [-0.2, 0) is 4.79 Å². The first-order valence-corrected chi connectivity index (χ1v) is 8.01. The van der Waals surface area contributed by atoms with Gasteiger partial charge >= 0.3 is 0 Å². The van der Waals surface area contributed by atoms with Crippen molar-refractivity contribution in [3.8, 4) is 0 Å². The second-order valence-electron chi connectivity index (χ2n) is 4.84. The van der Waals surface area contributed by atoms with Gasteiger partial charge in [-0.3, -0.25) is 4.79 Å². The number of benzene rings is 2. The third-order valence-electron chi connectivity index (χ3n) is 3.33. The predicted octanol–water partition coefficient (Wildman–Crippen LogP) is 4.22. The molecule has 0 aromatic heterocycles. The molecule has 0 spiro atoms. The van der Waals surface area contributed by atoms with E-state index in [4.69, 9.17) is 17.3 Å². The summed E-state index contributed by atoms with van der Waals surface area (Å²) in [5.41, 5.74) is 7.70. The second kappa shape index (κ2) is 7.24. The fraction of sp³-hybridized carbons (Fsp3) is 0.188. The summed E-state index contributed by atoms with van der Waals surface area (Å²) < 4.78 is 1.02. The highest BCUT2D eigenvalue weighted by Crippen LogP contribution is 2.26. The summed E-state index contributed by atoms with van der Waals surface area (Å²) in [4.78, 5) is 12.3. The number of halogens is 2. The number of nitrogens with two attached hydrogens (primary N) is 1. The summed E-state index contributed by atoms with van der Waals surface area (Å²) in [6.45, 7) is 1.81. The molecule has 2 rings (SSSR count). The number of hydrogen-bond donors (Lipinski definition) is 2. The van der Waals surface area contributed by atoms with E-state index in [0.29, 0.717) is 10.7 Å². The maximum Gasteiger partial charge on any atom is 0.229 e. The Bertz CT molecular complexity index is 633. The summed E-state index contributed by atoms with van der Waals surface area (Å²) in [5.74, 6) is -0.503. The Labute approximate surface area is 143 Å². The molecule has 2 aromatic carbocycles. The van der Waals surface area contributed by atoms with Crippen molar-refractivity contribution < 1.29 is 4.79 Å². The van der Waals surface area contributed by atoms with Crippen molar-refractivity contribution in [2.75, 3.05) is 5.32 Å². The third-order valence-corrected chi connectivity index (χ3v) is 4.31.